The summed E-state index contributed by atoms with van der Waals surface area (Å²) in [4.78, 5) is 11.4. The van der Waals surface area contributed by atoms with Gasteiger partial charge in [-0.2, -0.15) is 0 Å². The quantitative estimate of drug-likeness (QED) is 0.677. The van der Waals surface area contributed by atoms with Gasteiger partial charge in [-0.3, -0.25) is 0 Å². The van der Waals surface area contributed by atoms with E-state index in [4.69, 9.17) is 4.74 Å². The number of nitrogens with one attached hydrogen (secondary N) is 1. The van der Waals surface area contributed by atoms with Gasteiger partial charge in [0.05, 0.1) is 18.2 Å². The lowest BCUT2D eigenvalue weighted by molar-refractivity contribution is -0.00112. The highest BCUT2D eigenvalue weighted by atomic mass is 16.6. The maximum absolute atomic E-state index is 11.4. The monoisotopic (exact) mass is 233 g/mol. The summed E-state index contributed by atoms with van der Waals surface area (Å²) in [5, 5.41) is 21.4. The van der Waals surface area contributed by atoms with Gasteiger partial charge in [-0.1, -0.05) is 6.92 Å². The molecule has 1 amide bonds. The summed E-state index contributed by atoms with van der Waals surface area (Å²) in [7, 11) is 0. The van der Waals surface area contributed by atoms with Crippen LogP contribution in [-0.2, 0) is 4.74 Å². The fraction of sp³-hybridized carbons (Fsp3) is 0.909. The third-order valence-corrected chi connectivity index (χ3v) is 2.05. The zero-order chi connectivity index (χ0) is 12.9. The van der Waals surface area contributed by atoms with Gasteiger partial charge in [0.2, 0.25) is 0 Å². The Labute approximate surface area is 96.8 Å². The SMILES string of the molecule is CCC(NC(=O)OC(C)(C)C)C(O)[C@@H](C)O. The van der Waals surface area contributed by atoms with Crippen molar-refractivity contribution in [1.29, 1.82) is 0 Å². The molecule has 0 fully saturated rings. The van der Waals surface area contributed by atoms with Crippen LogP contribution >= 0.6 is 0 Å². The minimum absolute atomic E-state index is 0.505. The van der Waals surface area contributed by atoms with Gasteiger partial charge < -0.3 is 20.3 Å². The highest BCUT2D eigenvalue weighted by Crippen LogP contribution is 2.09. The van der Waals surface area contributed by atoms with Crippen LogP contribution in [0.1, 0.15) is 41.0 Å². The van der Waals surface area contributed by atoms with Gasteiger partial charge in [0.25, 0.3) is 0 Å². The predicted molar refractivity (Wildman–Crippen MR) is 61.1 cm³/mol. The molecule has 0 aliphatic heterocycles. The molecule has 0 rings (SSSR count). The van der Waals surface area contributed by atoms with E-state index >= 15 is 0 Å². The molecule has 0 saturated carbocycles. The molecule has 5 nitrogen and oxygen atoms in total. The number of hydrogen-bond acceptors (Lipinski definition) is 4. The normalized spacial score (nSPS) is 17.4. The van der Waals surface area contributed by atoms with E-state index in [-0.39, 0.29) is 0 Å². The number of aliphatic hydroxyl groups excluding tert-OH is 2. The van der Waals surface area contributed by atoms with E-state index in [0.717, 1.165) is 0 Å². The van der Waals surface area contributed by atoms with Crippen molar-refractivity contribution in [2.24, 2.45) is 0 Å². The number of rotatable bonds is 4. The molecule has 0 aromatic rings. The number of alkyl carbamates (subject to hydrolysis) is 1. The average molecular weight is 233 g/mol. The molecule has 0 aromatic heterocycles. The fourth-order valence-electron chi connectivity index (χ4n) is 1.22. The summed E-state index contributed by atoms with van der Waals surface area (Å²) in [6, 6.07) is -0.505. The smallest absolute Gasteiger partial charge is 0.407 e. The fourth-order valence-corrected chi connectivity index (χ4v) is 1.22. The van der Waals surface area contributed by atoms with Crippen LogP contribution in [0.25, 0.3) is 0 Å². The Morgan fingerprint density at radius 2 is 1.88 bits per heavy atom. The van der Waals surface area contributed by atoms with Crippen molar-refractivity contribution < 1.29 is 19.7 Å². The third-order valence-electron chi connectivity index (χ3n) is 2.05. The van der Waals surface area contributed by atoms with E-state index in [1.807, 2.05) is 6.92 Å². The van der Waals surface area contributed by atoms with Crippen molar-refractivity contribution in [2.45, 2.75) is 64.9 Å². The molecular formula is C11H23NO4. The lowest BCUT2D eigenvalue weighted by Crippen LogP contribution is -2.48. The van der Waals surface area contributed by atoms with Crippen molar-refractivity contribution in [1.82, 2.24) is 5.32 Å². The summed E-state index contributed by atoms with van der Waals surface area (Å²) >= 11 is 0. The van der Waals surface area contributed by atoms with E-state index in [0.29, 0.717) is 6.42 Å². The molecule has 0 spiro atoms. The number of carbonyl (C=O) groups is 1. The van der Waals surface area contributed by atoms with Crippen LogP contribution in [0.4, 0.5) is 4.79 Å². The maximum atomic E-state index is 11.4. The molecule has 0 heterocycles. The highest BCUT2D eigenvalue weighted by molar-refractivity contribution is 5.68. The molecule has 16 heavy (non-hydrogen) atoms. The number of ether oxygens (including phenoxy) is 1. The summed E-state index contributed by atoms with van der Waals surface area (Å²) < 4.78 is 5.06. The second-order valence-electron chi connectivity index (χ2n) is 4.89. The Morgan fingerprint density at radius 3 is 2.19 bits per heavy atom. The van der Waals surface area contributed by atoms with E-state index in [1.54, 1.807) is 20.8 Å². The van der Waals surface area contributed by atoms with Crippen molar-refractivity contribution in [2.75, 3.05) is 0 Å². The predicted octanol–water partition coefficient (Wildman–Crippen LogP) is 1.03. The molecule has 0 aliphatic rings. The molecule has 96 valence electrons. The lowest BCUT2D eigenvalue weighted by Gasteiger charge is -2.27. The van der Waals surface area contributed by atoms with Gasteiger partial charge in [-0.15, -0.1) is 0 Å². The van der Waals surface area contributed by atoms with Crippen LogP contribution in [0, 0.1) is 0 Å². The molecule has 0 radical (unpaired) electrons. The first-order chi connectivity index (χ1) is 7.17. The van der Waals surface area contributed by atoms with Crippen LogP contribution in [0.15, 0.2) is 0 Å². The molecule has 2 unspecified atom stereocenters. The molecular weight excluding hydrogens is 210 g/mol. The van der Waals surface area contributed by atoms with Crippen LogP contribution in [0.3, 0.4) is 0 Å². The Kier molecular flexibility index (Phi) is 5.75. The topological polar surface area (TPSA) is 78.8 Å². The van der Waals surface area contributed by atoms with Crippen molar-refractivity contribution in [3.63, 3.8) is 0 Å². The van der Waals surface area contributed by atoms with Gasteiger partial charge >= 0.3 is 6.09 Å². The summed E-state index contributed by atoms with van der Waals surface area (Å²) in [5.74, 6) is 0. The first-order valence-corrected chi connectivity index (χ1v) is 5.53. The number of hydrogen-bond donors (Lipinski definition) is 3. The van der Waals surface area contributed by atoms with Gasteiger partial charge in [0, 0.05) is 0 Å². The first kappa shape index (κ1) is 15.2. The molecule has 5 heteroatoms. The number of amides is 1. The molecule has 0 aliphatic carbocycles. The van der Waals surface area contributed by atoms with Crippen LogP contribution in [0.5, 0.6) is 0 Å². The molecule has 3 atom stereocenters. The number of carbonyl (C=O) groups excluding carboxylic acids is 1. The summed E-state index contributed by atoms with van der Waals surface area (Å²) in [6.07, 6.45) is -1.94. The van der Waals surface area contributed by atoms with Gasteiger partial charge in [0.15, 0.2) is 0 Å². The molecule has 0 bridgehead atoms. The zero-order valence-corrected chi connectivity index (χ0v) is 10.7. The number of aliphatic hydroxyl groups is 2. The lowest BCUT2D eigenvalue weighted by atomic mass is 10.0. The van der Waals surface area contributed by atoms with E-state index in [1.165, 1.54) is 6.92 Å². The molecule has 0 saturated heterocycles. The summed E-state index contributed by atoms with van der Waals surface area (Å²) in [5.41, 5.74) is -0.571. The minimum Gasteiger partial charge on any atom is -0.444 e. The average Bonchev–Trinajstić information content (AvgIpc) is 2.09. The Balaban J connectivity index is 4.28. The zero-order valence-electron chi connectivity index (χ0n) is 10.7. The van der Waals surface area contributed by atoms with Crippen molar-refractivity contribution in [3.05, 3.63) is 0 Å². The van der Waals surface area contributed by atoms with Crippen LogP contribution in [0.2, 0.25) is 0 Å². The van der Waals surface area contributed by atoms with Crippen LogP contribution in [-0.4, -0.2) is 40.2 Å². The third kappa shape index (κ3) is 5.92. The maximum Gasteiger partial charge on any atom is 0.407 e. The standard InChI is InChI=1S/C11H23NO4/c1-6-8(9(14)7(2)13)12-10(15)16-11(3,4)5/h7-9,13-14H,6H2,1-5H3,(H,12,15)/t7-,8?,9?/m1/s1. The van der Waals surface area contributed by atoms with Gasteiger partial charge in [-0.05, 0) is 34.1 Å². The van der Waals surface area contributed by atoms with Gasteiger partial charge in [0.1, 0.15) is 5.60 Å². The van der Waals surface area contributed by atoms with E-state index < -0.39 is 29.9 Å². The first-order valence-electron chi connectivity index (χ1n) is 5.53. The van der Waals surface area contributed by atoms with Crippen molar-refractivity contribution in [3.8, 4) is 0 Å². The highest BCUT2D eigenvalue weighted by Gasteiger charge is 2.25. The molecule has 0 aromatic carbocycles. The Morgan fingerprint density at radius 1 is 1.38 bits per heavy atom. The van der Waals surface area contributed by atoms with Gasteiger partial charge in [-0.25, -0.2) is 4.79 Å². The minimum atomic E-state index is -0.988. The van der Waals surface area contributed by atoms with E-state index in [9.17, 15) is 15.0 Å². The largest absolute Gasteiger partial charge is 0.444 e. The van der Waals surface area contributed by atoms with Crippen molar-refractivity contribution >= 4 is 6.09 Å². The van der Waals surface area contributed by atoms with E-state index in [2.05, 4.69) is 5.32 Å². The Hall–Kier alpha value is -0.810. The molecule has 3 N–H and O–H groups in total. The Bertz CT molecular complexity index is 223. The second kappa shape index (κ2) is 6.06. The summed E-state index contributed by atoms with van der Waals surface area (Å²) in [6.45, 7) is 8.58. The second-order valence-corrected chi connectivity index (χ2v) is 4.89. The van der Waals surface area contributed by atoms with Crippen LogP contribution < -0.4 is 5.32 Å².